The predicted octanol–water partition coefficient (Wildman–Crippen LogP) is 4.91. The summed E-state index contributed by atoms with van der Waals surface area (Å²) in [6, 6.07) is 10.3. The molecule has 0 saturated carbocycles. The van der Waals surface area contributed by atoms with E-state index in [1.54, 1.807) is 24.5 Å². The third-order valence-corrected chi connectivity index (χ3v) is 12.6. The van der Waals surface area contributed by atoms with Crippen LogP contribution in [0.5, 0.6) is 5.75 Å². The molecule has 0 bridgehead atoms. The SMILES string of the molecule is CC.CC.CCc1c2c(nc3ccccc13)-c1cc3c(c(=O)n1C2)COC(=O)C3OC(=O)[C@@H](NC(=O)C1CCCN1C(=O)C(CC(=O)O)NC(=O)CCOCCOCCOCCNC(=O)Oc1ccc([N+](=O)[O-])cc1)C(C)C. The molecule has 7 rings (SSSR count). The third kappa shape index (κ3) is 15.4. The van der Waals surface area contributed by atoms with Crippen LogP contribution in [0.4, 0.5) is 10.5 Å². The van der Waals surface area contributed by atoms with Gasteiger partial charge in [0, 0.05) is 48.2 Å². The number of amides is 4. The van der Waals surface area contributed by atoms with Crippen molar-refractivity contribution in [3.8, 4) is 17.1 Å². The second-order valence-corrected chi connectivity index (χ2v) is 17.9. The number of likely N-dealkylation sites (tertiary alicyclic amines) is 1. The topological polar surface area (TPSA) is 312 Å². The molecule has 3 aliphatic heterocycles. The largest absolute Gasteiger partial charge is 0.481 e. The van der Waals surface area contributed by atoms with Gasteiger partial charge >= 0.3 is 24.0 Å². The zero-order valence-corrected chi connectivity index (χ0v) is 45.0. The van der Waals surface area contributed by atoms with Crippen LogP contribution in [-0.2, 0) is 72.0 Å². The number of nitrogens with one attached hydrogen (secondary N) is 3. The molecule has 422 valence electrons. The number of carboxylic acids is 1. The molecule has 4 N–H and O–H groups in total. The highest BCUT2D eigenvalue weighted by Gasteiger charge is 2.43. The first-order valence-electron chi connectivity index (χ1n) is 26.2. The van der Waals surface area contributed by atoms with Gasteiger partial charge in [-0.15, -0.1) is 0 Å². The average molecular weight is 1090 g/mol. The molecule has 0 aliphatic carbocycles. The minimum atomic E-state index is -1.64. The quantitative estimate of drug-likeness (QED) is 0.0276. The van der Waals surface area contributed by atoms with E-state index in [-0.39, 0.29) is 101 Å². The van der Waals surface area contributed by atoms with E-state index in [0.29, 0.717) is 24.2 Å². The van der Waals surface area contributed by atoms with Crippen LogP contribution in [0.25, 0.3) is 22.3 Å². The molecule has 4 amide bonds. The minimum Gasteiger partial charge on any atom is -0.481 e. The molecule has 0 spiro atoms. The number of aromatic nitrogens is 2. The first-order valence-corrected chi connectivity index (χ1v) is 26.2. The fourth-order valence-corrected chi connectivity index (χ4v) is 8.95. The molecule has 24 heteroatoms. The van der Waals surface area contributed by atoms with Crippen molar-refractivity contribution >= 4 is 58.3 Å². The predicted molar refractivity (Wildman–Crippen MR) is 281 cm³/mol. The standard InChI is InChI=1S/C50H57N7O17.2C2H6/c1-4-31-32-8-5-6-9-36(32)53-43-34(31)26-56-39(43)24-33-35(46(56)62)27-72-49(65)44(33)74-48(64)42(28(2)3)54-45(61)38-10-7-17-55(38)47(63)37(25-41(59)60)52-40(58)15-18-69-20-22-71-23-21-70-19-16-51-50(66)73-30-13-11-29(12-14-30)57(67)68;2*1-2/h5-6,8-9,11-14,24,28,37-38,42,44H,4,7,10,15-23,25-27H2,1-3H3,(H,51,66)(H,52,58)(H,54,61)(H,59,60);2*1-2H3/t37?,38?,42-,44?;;/m0../s1. The van der Waals surface area contributed by atoms with Gasteiger partial charge in [-0.25, -0.2) is 19.4 Å². The van der Waals surface area contributed by atoms with E-state index < -0.39 is 88.8 Å². The first kappa shape index (κ1) is 61.0. The molecule has 5 heterocycles. The highest BCUT2D eigenvalue weighted by molar-refractivity contribution is 5.96. The van der Waals surface area contributed by atoms with Crippen molar-refractivity contribution in [3.05, 3.63) is 97.3 Å². The number of fused-ring (bicyclic) bond motifs is 5. The number of para-hydroxylation sites is 1. The molecule has 0 radical (unpaired) electrons. The second-order valence-electron chi connectivity index (χ2n) is 17.9. The van der Waals surface area contributed by atoms with Crippen LogP contribution >= 0.6 is 0 Å². The van der Waals surface area contributed by atoms with E-state index in [9.17, 15) is 53.6 Å². The number of nitro groups is 1. The van der Waals surface area contributed by atoms with Crippen LogP contribution in [0, 0.1) is 16.0 Å². The smallest absolute Gasteiger partial charge is 0.412 e. The molecule has 4 atom stereocenters. The Morgan fingerprint density at radius 2 is 1.56 bits per heavy atom. The lowest BCUT2D eigenvalue weighted by molar-refractivity contribution is -0.384. The van der Waals surface area contributed by atoms with Gasteiger partial charge in [0.15, 0.2) is 0 Å². The van der Waals surface area contributed by atoms with E-state index in [1.807, 2.05) is 58.9 Å². The van der Waals surface area contributed by atoms with Crippen molar-refractivity contribution in [1.82, 2.24) is 30.4 Å². The van der Waals surface area contributed by atoms with Gasteiger partial charge in [0.2, 0.25) is 23.8 Å². The summed E-state index contributed by atoms with van der Waals surface area (Å²) >= 11 is 0. The number of pyridine rings is 2. The van der Waals surface area contributed by atoms with Gasteiger partial charge < -0.3 is 58.9 Å². The molecule has 3 unspecified atom stereocenters. The Kier molecular flexibility index (Phi) is 23.2. The summed E-state index contributed by atoms with van der Waals surface area (Å²) < 4.78 is 34.0. The number of carboxylic acid groups (broad SMARTS) is 1. The zero-order chi connectivity index (χ0) is 57.1. The van der Waals surface area contributed by atoms with Crippen molar-refractivity contribution in [3.63, 3.8) is 0 Å². The Labute approximate surface area is 450 Å². The highest BCUT2D eigenvalue weighted by Crippen LogP contribution is 2.39. The summed E-state index contributed by atoms with van der Waals surface area (Å²) in [7, 11) is 0. The van der Waals surface area contributed by atoms with E-state index in [4.69, 9.17) is 33.4 Å². The van der Waals surface area contributed by atoms with Crippen LogP contribution in [-0.4, -0.2) is 137 Å². The highest BCUT2D eigenvalue weighted by atomic mass is 16.6. The number of aryl methyl sites for hydroxylation is 1. The fraction of sp³-hybridized carbons (Fsp3) is 0.500. The number of carbonyl (C=O) groups is 7. The number of aliphatic carboxylic acids is 1. The van der Waals surface area contributed by atoms with Crippen molar-refractivity contribution in [2.24, 2.45) is 5.92 Å². The summed E-state index contributed by atoms with van der Waals surface area (Å²) in [6.07, 6.45) is -2.21. The van der Waals surface area contributed by atoms with Gasteiger partial charge in [0.05, 0.1) is 80.0 Å². The molecule has 3 aliphatic rings. The van der Waals surface area contributed by atoms with Gasteiger partial charge in [-0.05, 0) is 55.0 Å². The monoisotopic (exact) mass is 1090 g/mol. The van der Waals surface area contributed by atoms with Gasteiger partial charge in [-0.3, -0.25) is 34.1 Å². The first-order chi connectivity index (χ1) is 37.6. The van der Waals surface area contributed by atoms with Crippen molar-refractivity contribution in [2.45, 2.75) is 118 Å². The average Bonchev–Trinajstić information content (AvgIpc) is 4.21. The molecule has 24 nitrogen and oxygen atoms in total. The lowest BCUT2D eigenvalue weighted by atomic mass is 9.97. The number of hydrogen-bond donors (Lipinski definition) is 4. The molecule has 2 aromatic heterocycles. The van der Waals surface area contributed by atoms with Crippen LogP contribution < -0.4 is 26.2 Å². The summed E-state index contributed by atoms with van der Waals surface area (Å²) in [6.45, 7) is 14.1. The molecule has 1 fully saturated rings. The lowest BCUT2D eigenvalue weighted by Crippen LogP contribution is -2.56. The molecule has 78 heavy (non-hydrogen) atoms. The Morgan fingerprint density at radius 1 is 0.897 bits per heavy atom. The Balaban J connectivity index is 0.00000274. The Bertz CT molecular complexity index is 2850. The maximum Gasteiger partial charge on any atom is 0.412 e. The van der Waals surface area contributed by atoms with E-state index >= 15 is 0 Å². The van der Waals surface area contributed by atoms with E-state index in [1.165, 1.54) is 29.2 Å². The number of esters is 2. The van der Waals surface area contributed by atoms with E-state index in [2.05, 4.69) is 16.0 Å². The summed E-state index contributed by atoms with van der Waals surface area (Å²) in [5.41, 5.74) is 3.45. The van der Waals surface area contributed by atoms with Crippen LogP contribution in [0.2, 0.25) is 0 Å². The molecular weight excluding hydrogens is 1020 g/mol. The number of nitro benzene ring substituents is 1. The van der Waals surface area contributed by atoms with Gasteiger partial charge in [-0.2, -0.15) is 0 Å². The Hall–Kier alpha value is -7.83. The number of nitrogens with zero attached hydrogens (tertiary/aromatic N) is 4. The zero-order valence-electron chi connectivity index (χ0n) is 45.0. The summed E-state index contributed by atoms with van der Waals surface area (Å²) in [5.74, 6) is -5.97. The van der Waals surface area contributed by atoms with Gasteiger partial charge in [0.25, 0.3) is 11.2 Å². The summed E-state index contributed by atoms with van der Waals surface area (Å²) in [4.78, 5) is 122. The number of non-ortho nitro benzene ring substituents is 1. The normalized spacial score (nSPS) is 15.6. The van der Waals surface area contributed by atoms with Crippen molar-refractivity contribution in [2.75, 3.05) is 52.7 Å². The van der Waals surface area contributed by atoms with Gasteiger partial charge in [-0.1, -0.05) is 66.7 Å². The molecule has 1 saturated heterocycles. The molecule has 2 aromatic carbocycles. The second kappa shape index (κ2) is 29.6. The lowest BCUT2D eigenvalue weighted by Gasteiger charge is -2.31. The number of hydrogen-bond acceptors (Lipinski definition) is 17. The van der Waals surface area contributed by atoms with Crippen molar-refractivity contribution < 1.29 is 72.0 Å². The van der Waals surface area contributed by atoms with Crippen LogP contribution in [0.1, 0.15) is 103 Å². The summed E-state index contributed by atoms with van der Waals surface area (Å²) in [5, 5.41) is 29.0. The van der Waals surface area contributed by atoms with Crippen LogP contribution in [0.15, 0.2) is 59.4 Å². The Morgan fingerprint density at radius 3 is 2.22 bits per heavy atom. The maximum atomic E-state index is 14.0. The number of cyclic esters (lactones) is 1. The van der Waals surface area contributed by atoms with E-state index in [0.717, 1.165) is 22.0 Å². The number of carbonyl (C=O) groups excluding carboxylic acids is 6. The van der Waals surface area contributed by atoms with Crippen LogP contribution in [0.3, 0.4) is 0 Å². The molecular formula is C54H69N7O17. The maximum absolute atomic E-state index is 14.0. The minimum absolute atomic E-state index is 0.0591. The van der Waals surface area contributed by atoms with Crippen molar-refractivity contribution in [1.29, 1.82) is 0 Å². The number of ether oxygens (including phenoxy) is 6. The van der Waals surface area contributed by atoms with Gasteiger partial charge in [0.1, 0.15) is 30.5 Å². The third-order valence-electron chi connectivity index (χ3n) is 12.6. The fourth-order valence-electron chi connectivity index (χ4n) is 8.95. The number of benzene rings is 2. The molecule has 4 aromatic rings. The number of rotatable bonds is 24.